The van der Waals surface area contributed by atoms with Crippen molar-refractivity contribution in [3.05, 3.63) is 47.3 Å². The molecule has 0 fully saturated rings. The van der Waals surface area contributed by atoms with E-state index < -0.39 is 35.8 Å². The van der Waals surface area contributed by atoms with Crippen LogP contribution in [0.1, 0.15) is 16.1 Å². The molecule has 0 saturated carbocycles. The molecule has 2 rings (SSSR count). The van der Waals surface area contributed by atoms with Gasteiger partial charge < -0.3 is 0 Å². The average Bonchev–Trinajstić information content (AvgIpc) is 2.80. The molecule has 2 aromatic rings. The molecular weight excluding hydrogens is 285 g/mol. The van der Waals surface area contributed by atoms with Gasteiger partial charge in [-0.3, -0.25) is 4.79 Å². The van der Waals surface area contributed by atoms with Crippen LogP contribution in [0.15, 0.2) is 24.4 Å². The second kappa shape index (κ2) is 4.99. The second-order valence-corrected chi connectivity index (χ2v) is 3.83. The normalized spacial score (nSPS) is 11.7. The third-order valence-corrected chi connectivity index (χ3v) is 2.41. The maximum atomic E-state index is 13.3. The van der Waals surface area contributed by atoms with E-state index >= 15 is 0 Å². The predicted octanol–water partition coefficient (Wildman–Crippen LogP) is 2.35. The minimum absolute atomic E-state index is 0.386. The number of halogens is 5. The molecule has 0 bridgehead atoms. The molecule has 1 aromatic carbocycles. The molecule has 1 heterocycles. The van der Waals surface area contributed by atoms with Crippen LogP contribution in [0.25, 0.3) is 0 Å². The first-order valence-electron chi connectivity index (χ1n) is 5.23. The van der Waals surface area contributed by atoms with Gasteiger partial charge >= 0.3 is 6.18 Å². The smallest absolute Gasteiger partial charge is 0.282 e. The zero-order valence-corrected chi connectivity index (χ0v) is 9.66. The molecule has 0 N–H and O–H groups in total. The number of carbonyl (C=O) groups excluding carboxylic acids is 1. The number of hydrogen-bond acceptors (Lipinski definition) is 3. The van der Waals surface area contributed by atoms with E-state index in [1.807, 2.05) is 0 Å². The number of carbonyl (C=O) groups is 1. The van der Waals surface area contributed by atoms with E-state index in [1.165, 1.54) is 0 Å². The van der Waals surface area contributed by atoms with Gasteiger partial charge in [0.05, 0.1) is 12.7 Å². The lowest BCUT2D eigenvalue weighted by molar-refractivity contribution is -0.0888. The molecule has 20 heavy (non-hydrogen) atoms. The first-order valence-corrected chi connectivity index (χ1v) is 5.23. The highest BCUT2D eigenvalue weighted by Crippen LogP contribution is 2.20. The fraction of sp³-hybridized carbons (Fsp3) is 0.182. The van der Waals surface area contributed by atoms with Gasteiger partial charge in [0.1, 0.15) is 11.6 Å². The zero-order chi connectivity index (χ0) is 14.9. The molecule has 0 aliphatic carbocycles. The first-order chi connectivity index (χ1) is 9.29. The van der Waals surface area contributed by atoms with Crippen molar-refractivity contribution < 1.29 is 26.7 Å². The van der Waals surface area contributed by atoms with E-state index in [2.05, 4.69) is 10.3 Å². The van der Waals surface area contributed by atoms with E-state index in [0.717, 1.165) is 22.9 Å². The standard InChI is InChI=1S/C11H6F5N3O/c12-7-2-1-3-8(13)6(7)4-19-5-9(17-18-19)10(20)11(14,15)16/h1-3,5H,4H2. The van der Waals surface area contributed by atoms with E-state index in [-0.39, 0.29) is 5.56 Å². The van der Waals surface area contributed by atoms with Crippen molar-refractivity contribution >= 4 is 5.78 Å². The molecule has 106 valence electrons. The zero-order valence-electron chi connectivity index (χ0n) is 9.66. The Balaban J connectivity index is 2.25. The maximum Gasteiger partial charge on any atom is 0.456 e. The summed E-state index contributed by atoms with van der Waals surface area (Å²) >= 11 is 0. The summed E-state index contributed by atoms with van der Waals surface area (Å²) in [5.41, 5.74) is -1.32. The molecule has 0 unspecified atom stereocenters. The SMILES string of the molecule is O=C(c1cn(Cc2c(F)cccc2F)nn1)C(F)(F)F. The van der Waals surface area contributed by atoms with Crippen LogP contribution in [-0.2, 0) is 6.54 Å². The minimum atomic E-state index is -5.08. The summed E-state index contributed by atoms with van der Waals surface area (Å²) in [5, 5.41) is 6.28. The quantitative estimate of drug-likeness (QED) is 0.644. The lowest BCUT2D eigenvalue weighted by Crippen LogP contribution is -2.23. The van der Waals surface area contributed by atoms with Crippen molar-refractivity contribution in [2.24, 2.45) is 0 Å². The summed E-state index contributed by atoms with van der Waals surface area (Å²) in [6.07, 6.45) is -4.40. The molecule has 0 aliphatic heterocycles. The first kappa shape index (κ1) is 14.1. The Morgan fingerprint density at radius 2 is 1.80 bits per heavy atom. The van der Waals surface area contributed by atoms with E-state index in [0.29, 0.717) is 6.20 Å². The number of benzene rings is 1. The highest BCUT2D eigenvalue weighted by atomic mass is 19.4. The van der Waals surface area contributed by atoms with Gasteiger partial charge in [-0.15, -0.1) is 5.10 Å². The van der Waals surface area contributed by atoms with Crippen molar-refractivity contribution in [2.45, 2.75) is 12.7 Å². The number of hydrogen-bond donors (Lipinski definition) is 0. The Morgan fingerprint density at radius 3 is 2.35 bits per heavy atom. The second-order valence-electron chi connectivity index (χ2n) is 3.83. The van der Waals surface area contributed by atoms with Crippen LogP contribution in [0, 0.1) is 11.6 Å². The van der Waals surface area contributed by atoms with Crippen molar-refractivity contribution in [3.63, 3.8) is 0 Å². The van der Waals surface area contributed by atoms with Crippen molar-refractivity contribution in [2.75, 3.05) is 0 Å². The maximum absolute atomic E-state index is 13.3. The van der Waals surface area contributed by atoms with Gasteiger partial charge in [0.25, 0.3) is 5.78 Å². The molecule has 4 nitrogen and oxygen atoms in total. The Kier molecular flexibility index (Phi) is 3.51. The van der Waals surface area contributed by atoms with Crippen LogP contribution in [0.3, 0.4) is 0 Å². The van der Waals surface area contributed by atoms with Crippen LogP contribution in [0.5, 0.6) is 0 Å². The predicted molar refractivity (Wildman–Crippen MR) is 55.9 cm³/mol. The van der Waals surface area contributed by atoms with Crippen LogP contribution in [-0.4, -0.2) is 27.0 Å². The molecule has 0 saturated heterocycles. The number of Topliss-reactive ketones (excluding diaryl/α,β-unsaturated/α-hetero) is 1. The summed E-state index contributed by atoms with van der Waals surface area (Å²) in [6, 6.07) is 3.14. The van der Waals surface area contributed by atoms with Gasteiger partial charge in [0, 0.05) is 5.56 Å². The Hall–Kier alpha value is -2.32. The molecule has 0 atom stereocenters. The largest absolute Gasteiger partial charge is 0.456 e. The number of alkyl halides is 3. The third kappa shape index (κ3) is 2.81. The molecule has 9 heteroatoms. The summed E-state index contributed by atoms with van der Waals surface area (Å²) < 4.78 is 63.9. The molecule has 0 spiro atoms. The van der Waals surface area contributed by atoms with Crippen LogP contribution in [0.2, 0.25) is 0 Å². The van der Waals surface area contributed by atoms with Gasteiger partial charge in [0.2, 0.25) is 0 Å². The molecular formula is C11H6F5N3O. The van der Waals surface area contributed by atoms with E-state index in [4.69, 9.17) is 0 Å². The highest BCUT2D eigenvalue weighted by Gasteiger charge is 2.41. The summed E-state index contributed by atoms with van der Waals surface area (Å²) in [6.45, 7) is -0.476. The molecule has 1 aromatic heterocycles. The number of nitrogens with zero attached hydrogens (tertiary/aromatic N) is 3. The Labute approximate surface area is 108 Å². The summed E-state index contributed by atoms with van der Waals surface area (Å²) in [4.78, 5) is 10.9. The van der Waals surface area contributed by atoms with Gasteiger partial charge in [-0.2, -0.15) is 13.2 Å². The fourth-order valence-corrected chi connectivity index (χ4v) is 1.47. The average molecular weight is 291 g/mol. The number of ketones is 1. The van der Waals surface area contributed by atoms with Crippen LogP contribution in [0.4, 0.5) is 22.0 Å². The lowest BCUT2D eigenvalue weighted by atomic mass is 10.2. The number of rotatable bonds is 3. The Morgan fingerprint density at radius 1 is 1.20 bits per heavy atom. The number of aromatic nitrogens is 3. The van der Waals surface area contributed by atoms with Crippen LogP contribution < -0.4 is 0 Å². The minimum Gasteiger partial charge on any atom is -0.282 e. The topological polar surface area (TPSA) is 47.8 Å². The van der Waals surface area contributed by atoms with Crippen LogP contribution >= 0.6 is 0 Å². The van der Waals surface area contributed by atoms with E-state index in [1.54, 1.807) is 0 Å². The van der Waals surface area contributed by atoms with Gasteiger partial charge in [-0.25, -0.2) is 13.5 Å². The van der Waals surface area contributed by atoms with E-state index in [9.17, 15) is 26.7 Å². The molecule has 0 radical (unpaired) electrons. The van der Waals surface area contributed by atoms with Crippen molar-refractivity contribution in [3.8, 4) is 0 Å². The monoisotopic (exact) mass is 291 g/mol. The van der Waals surface area contributed by atoms with Gasteiger partial charge in [0.15, 0.2) is 5.69 Å². The van der Waals surface area contributed by atoms with Gasteiger partial charge in [-0.1, -0.05) is 11.3 Å². The van der Waals surface area contributed by atoms with Gasteiger partial charge in [-0.05, 0) is 12.1 Å². The molecule has 0 aliphatic rings. The summed E-state index contributed by atoms with van der Waals surface area (Å²) in [5.74, 6) is -3.91. The van der Waals surface area contributed by atoms with Crippen molar-refractivity contribution in [1.82, 2.24) is 15.0 Å². The lowest BCUT2D eigenvalue weighted by Gasteiger charge is -2.04. The fourth-order valence-electron chi connectivity index (χ4n) is 1.47. The van der Waals surface area contributed by atoms with Crippen molar-refractivity contribution in [1.29, 1.82) is 0 Å². The third-order valence-electron chi connectivity index (χ3n) is 2.41. The summed E-state index contributed by atoms with van der Waals surface area (Å²) in [7, 11) is 0. The molecule has 0 amide bonds. The highest BCUT2D eigenvalue weighted by molar-refractivity contribution is 5.98. The Bertz CT molecular complexity index is 629.